The molecule has 2 aromatic rings. The SMILES string of the molecule is COc1ccc(CC2(O)CC3COCC(C2)N3Cc2ccccc2)cc1F. The number of aliphatic hydroxyl groups is 1. The van der Waals surface area contributed by atoms with E-state index in [0.717, 1.165) is 12.1 Å². The van der Waals surface area contributed by atoms with Gasteiger partial charge < -0.3 is 14.6 Å². The number of benzene rings is 2. The molecule has 0 aliphatic carbocycles. The lowest BCUT2D eigenvalue weighted by Crippen LogP contribution is -2.61. The molecule has 4 rings (SSSR count). The predicted octanol–water partition coefficient (Wildman–Crippen LogP) is 3.17. The number of hydrogen-bond acceptors (Lipinski definition) is 4. The standard InChI is InChI=1S/C22H26FNO3/c1-26-21-8-7-17(9-20(21)23)10-22(25)11-18-14-27-15-19(12-22)24(18)13-16-5-3-2-4-6-16/h2-9,18-19,25H,10-15H2,1H3. The van der Waals surface area contributed by atoms with Gasteiger partial charge in [-0.1, -0.05) is 36.4 Å². The molecule has 2 aliphatic rings. The van der Waals surface area contributed by atoms with Crippen LogP contribution in [-0.4, -0.2) is 48.0 Å². The highest BCUT2D eigenvalue weighted by Gasteiger charge is 2.46. The van der Waals surface area contributed by atoms with Crippen LogP contribution >= 0.6 is 0 Å². The van der Waals surface area contributed by atoms with Gasteiger partial charge >= 0.3 is 0 Å². The van der Waals surface area contributed by atoms with Crippen LogP contribution in [0.2, 0.25) is 0 Å². The molecular formula is C22H26FNO3. The zero-order valence-electron chi connectivity index (χ0n) is 15.6. The van der Waals surface area contributed by atoms with Crippen LogP contribution in [-0.2, 0) is 17.7 Å². The number of methoxy groups -OCH3 is 1. The summed E-state index contributed by atoms with van der Waals surface area (Å²) >= 11 is 0. The minimum Gasteiger partial charge on any atom is -0.494 e. The van der Waals surface area contributed by atoms with Crippen molar-refractivity contribution in [2.45, 2.75) is 43.5 Å². The minimum atomic E-state index is -0.840. The molecule has 0 amide bonds. The molecule has 2 atom stereocenters. The lowest BCUT2D eigenvalue weighted by Gasteiger charge is -2.52. The van der Waals surface area contributed by atoms with Gasteiger partial charge in [0, 0.05) is 25.0 Å². The van der Waals surface area contributed by atoms with Crippen molar-refractivity contribution in [3.63, 3.8) is 0 Å². The first kappa shape index (κ1) is 18.4. The largest absolute Gasteiger partial charge is 0.494 e. The fourth-order valence-corrected chi connectivity index (χ4v) is 4.54. The maximum absolute atomic E-state index is 14.0. The molecule has 2 aromatic carbocycles. The average Bonchev–Trinajstić information content (AvgIpc) is 2.64. The number of piperidine rings is 1. The van der Waals surface area contributed by atoms with E-state index in [1.165, 1.54) is 18.7 Å². The Labute approximate surface area is 159 Å². The molecule has 144 valence electrons. The summed E-state index contributed by atoms with van der Waals surface area (Å²) in [5, 5.41) is 11.3. The third kappa shape index (κ3) is 4.00. The van der Waals surface area contributed by atoms with Gasteiger partial charge in [0.05, 0.1) is 25.9 Å². The van der Waals surface area contributed by atoms with E-state index in [9.17, 15) is 9.50 Å². The van der Waals surface area contributed by atoms with E-state index in [4.69, 9.17) is 9.47 Å². The highest BCUT2D eigenvalue weighted by atomic mass is 19.1. The van der Waals surface area contributed by atoms with E-state index >= 15 is 0 Å². The number of rotatable bonds is 5. The number of hydrogen-bond donors (Lipinski definition) is 1. The van der Waals surface area contributed by atoms with Crippen LogP contribution in [0.4, 0.5) is 4.39 Å². The van der Waals surface area contributed by atoms with Crippen molar-refractivity contribution in [2.24, 2.45) is 0 Å². The van der Waals surface area contributed by atoms with Crippen molar-refractivity contribution in [3.05, 3.63) is 65.5 Å². The molecule has 2 aliphatic heterocycles. The van der Waals surface area contributed by atoms with Gasteiger partial charge in [0.15, 0.2) is 11.6 Å². The van der Waals surface area contributed by atoms with E-state index in [0.29, 0.717) is 32.5 Å². The van der Waals surface area contributed by atoms with E-state index in [-0.39, 0.29) is 23.7 Å². The second-order valence-electron chi connectivity index (χ2n) is 7.78. The van der Waals surface area contributed by atoms with Crippen LogP contribution in [0.25, 0.3) is 0 Å². The third-order valence-electron chi connectivity index (χ3n) is 5.75. The van der Waals surface area contributed by atoms with Gasteiger partial charge in [-0.25, -0.2) is 4.39 Å². The van der Waals surface area contributed by atoms with Crippen molar-refractivity contribution < 1.29 is 19.0 Å². The molecule has 5 heteroatoms. The molecule has 2 unspecified atom stereocenters. The first-order chi connectivity index (χ1) is 13.1. The lowest BCUT2D eigenvalue weighted by atomic mass is 9.77. The lowest BCUT2D eigenvalue weighted by molar-refractivity contribution is -0.145. The second kappa shape index (κ2) is 7.58. The molecule has 1 N–H and O–H groups in total. The van der Waals surface area contributed by atoms with Gasteiger partial charge in [-0.3, -0.25) is 4.90 Å². The Bertz CT molecular complexity index is 768. The summed E-state index contributed by atoms with van der Waals surface area (Å²) in [4.78, 5) is 2.46. The maximum Gasteiger partial charge on any atom is 0.165 e. The van der Waals surface area contributed by atoms with Crippen LogP contribution in [0.5, 0.6) is 5.75 Å². The van der Waals surface area contributed by atoms with E-state index < -0.39 is 5.60 Å². The molecule has 0 spiro atoms. The molecule has 0 radical (unpaired) electrons. The zero-order valence-corrected chi connectivity index (χ0v) is 15.6. The summed E-state index contributed by atoms with van der Waals surface area (Å²) in [6.45, 7) is 2.12. The smallest absolute Gasteiger partial charge is 0.165 e. The monoisotopic (exact) mass is 371 g/mol. The average molecular weight is 371 g/mol. The maximum atomic E-state index is 14.0. The Morgan fingerprint density at radius 1 is 1.11 bits per heavy atom. The fourth-order valence-electron chi connectivity index (χ4n) is 4.54. The van der Waals surface area contributed by atoms with Gasteiger partial charge in [0.1, 0.15) is 0 Å². The second-order valence-corrected chi connectivity index (χ2v) is 7.78. The quantitative estimate of drug-likeness (QED) is 0.877. The predicted molar refractivity (Wildman–Crippen MR) is 101 cm³/mol. The molecule has 0 saturated carbocycles. The summed E-state index contributed by atoms with van der Waals surface area (Å²) in [6, 6.07) is 15.7. The molecule has 0 aromatic heterocycles. The number of halogens is 1. The van der Waals surface area contributed by atoms with Crippen molar-refractivity contribution in [1.82, 2.24) is 4.90 Å². The van der Waals surface area contributed by atoms with E-state index in [1.807, 2.05) is 12.1 Å². The summed E-state index contributed by atoms with van der Waals surface area (Å²) in [7, 11) is 1.45. The molecule has 4 nitrogen and oxygen atoms in total. The number of fused-ring (bicyclic) bond motifs is 2. The highest BCUT2D eigenvalue weighted by Crippen LogP contribution is 2.37. The summed E-state index contributed by atoms with van der Waals surface area (Å²) < 4.78 is 24.8. The summed E-state index contributed by atoms with van der Waals surface area (Å²) in [6.07, 6.45) is 1.70. The molecule has 2 saturated heterocycles. The zero-order chi connectivity index (χ0) is 18.9. The molecule has 2 bridgehead atoms. The van der Waals surface area contributed by atoms with Crippen molar-refractivity contribution >= 4 is 0 Å². The summed E-state index contributed by atoms with van der Waals surface area (Å²) in [5.74, 6) is -0.155. The minimum absolute atomic E-state index is 0.172. The number of ether oxygens (including phenoxy) is 2. The normalized spacial score (nSPS) is 28.1. The fraction of sp³-hybridized carbons (Fsp3) is 0.455. The van der Waals surface area contributed by atoms with Gasteiger partial charge in [-0.2, -0.15) is 0 Å². The van der Waals surface area contributed by atoms with E-state index in [2.05, 4.69) is 29.2 Å². The van der Waals surface area contributed by atoms with Crippen LogP contribution < -0.4 is 4.74 Å². The number of nitrogens with zero attached hydrogens (tertiary/aromatic N) is 1. The van der Waals surface area contributed by atoms with E-state index in [1.54, 1.807) is 6.07 Å². The van der Waals surface area contributed by atoms with Crippen LogP contribution in [0.3, 0.4) is 0 Å². The highest BCUT2D eigenvalue weighted by molar-refractivity contribution is 5.30. The Morgan fingerprint density at radius 3 is 2.44 bits per heavy atom. The topological polar surface area (TPSA) is 41.9 Å². The Kier molecular flexibility index (Phi) is 5.17. The molecule has 27 heavy (non-hydrogen) atoms. The van der Waals surface area contributed by atoms with Gasteiger partial charge in [0.25, 0.3) is 0 Å². The first-order valence-corrected chi connectivity index (χ1v) is 9.48. The van der Waals surface area contributed by atoms with Gasteiger partial charge in [-0.15, -0.1) is 0 Å². The van der Waals surface area contributed by atoms with Gasteiger partial charge in [0.2, 0.25) is 0 Å². The van der Waals surface area contributed by atoms with Crippen molar-refractivity contribution in [3.8, 4) is 5.75 Å². The van der Waals surface area contributed by atoms with Crippen molar-refractivity contribution in [2.75, 3.05) is 20.3 Å². The van der Waals surface area contributed by atoms with Crippen LogP contribution in [0.15, 0.2) is 48.5 Å². The van der Waals surface area contributed by atoms with Crippen molar-refractivity contribution in [1.29, 1.82) is 0 Å². The Hall–Kier alpha value is -1.95. The van der Waals surface area contributed by atoms with Gasteiger partial charge in [-0.05, 0) is 36.1 Å². The molecule has 2 fully saturated rings. The first-order valence-electron chi connectivity index (χ1n) is 9.48. The molecule has 2 heterocycles. The van der Waals surface area contributed by atoms with Crippen LogP contribution in [0.1, 0.15) is 24.0 Å². The Balaban J connectivity index is 1.49. The number of morpholine rings is 1. The Morgan fingerprint density at radius 2 is 1.81 bits per heavy atom. The molecular weight excluding hydrogens is 345 g/mol. The third-order valence-corrected chi connectivity index (χ3v) is 5.75. The van der Waals surface area contributed by atoms with Crippen LogP contribution in [0, 0.1) is 5.82 Å². The summed E-state index contributed by atoms with van der Waals surface area (Å²) in [5.41, 5.74) is 1.23.